The topological polar surface area (TPSA) is 74.6 Å². The van der Waals surface area contributed by atoms with Gasteiger partial charge in [0.1, 0.15) is 0 Å². The number of hydrogen-bond acceptors (Lipinski definition) is 4. The molecule has 2 N–H and O–H groups in total. The number of carboxylic acids is 1. The van der Waals surface area contributed by atoms with Crippen LogP contribution in [-0.2, 0) is 0 Å². The number of nitrogens with one attached hydrogen (secondary N) is 1. The molecule has 0 amide bonds. The number of anilines is 2. The van der Waals surface area contributed by atoms with Crippen LogP contribution in [-0.4, -0.2) is 22.3 Å². The summed E-state index contributed by atoms with van der Waals surface area (Å²) in [6.45, 7) is 0. The second-order valence-corrected chi connectivity index (χ2v) is 6.68. The van der Waals surface area contributed by atoms with Crippen LogP contribution in [0.15, 0.2) is 70.4 Å². The molecule has 0 spiro atoms. The lowest BCUT2D eigenvalue weighted by molar-refractivity contribution is 0.0698. The minimum Gasteiger partial charge on any atom is -0.478 e. The largest absolute Gasteiger partial charge is 0.478 e. The van der Waals surface area contributed by atoms with Gasteiger partial charge in [-0.15, -0.1) is 0 Å². The summed E-state index contributed by atoms with van der Waals surface area (Å²) in [6.07, 6.45) is 5.04. The van der Waals surface area contributed by atoms with Crippen LogP contribution in [0.2, 0.25) is 5.02 Å². The zero-order chi connectivity index (χ0) is 18.5. The van der Waals surface area contributed by atoms with Crippen LogP contribution in [0.5, 0.6) is 0 Å². The molecule has 5 nitrogen and oxygen atoms in total. The summed E-state index contributed by atoms with van der Waals surface area (Å²) in [7, 11) is 0. The van der Waals surface area contributed by atoms with E-state index in [9.17, 15) is 9.90 Å². The van der Waals surface area contributed by atoms with Gasteiger partial charge in [0.25, 0.3) is 0 Å². The smallest absolute Gasteiger partial charge is 0.337 e. The summed E-state index contributed by atoms with van der Waals surface area (Å²) in [5, 5.41) is 13.0. The molecule has 0 saturated carbocycles. The molecule has 1 heterocycles. The van der Waals surface area contributed by atoms with Gasteiger partial charge < -0.3 is 10.4 Å². The van der Waals surface area contributed by atoms with Crippen LogP contribution in [0.4, 0.5) is 17.1 Å². The molecule has 0 aliphatic carbocycles. The van der Waals surface area contributed by atoms with Gasteiger partial charge in [0.05, 0.1) is 22.6 Å². The number of carboxylic acid groups (broad SMARTS) is 1. The van der Waals surface area contributed by atoms with Crippen molar-refractivity contribution in [2.75, 3.05) is 5.32 Å². The third kappa shape index (κ3) is 4.47. The number of pyridine rings is 1. The van der Waals surface area contributed by atoms with Gasteiger partial charge in [-0.25, -0.2) is 4.79 Å². The monoisotopic (exact) mass is 429 g/mol. The third-order valence-electron chi connectivity index (χ3n) is 3.47. The predicted molar refractivity (Wildman–Crippen MR) is 107 cm³/mol. The molecule has 0 atom stereocenters. The van der Waals surface area contributed by atoms with E-state index in [0.717, 1.165) is 10.0 Å². The van der Waals surface area contributed by atoms with Crippen LogP contribution in [0, 0.1) is 0 Å². The maximum atomic E-state index is 11.4. The highest BCUT2D eigenvalue weighted by atomic mass is 79.9. The van der Waals surface area contributed by atoms with E-state index in [1.165, 1.54) is 6.07 Å². The lowest BCUT2D eigenvalue weighted by atomic mass is 10.1. The lowest BCUT2D eigenvalue weighted by Crippen LogP contribution is -2.02. The molecule has 0 radical (unpaired) electrons. The molecule has 2 aromatic carbocycles. The second-order valence-electron chi connectivity index (χ2n) is 5.33. The van der Waals surface area contributed by atoms with Gasteiger partial charge in [0.15, 0.2) is 0 Å². The van der Waals surface area contributed by atoms with Crippen molar-refractivity contribution in [3.05, 3.63) is 81.5 Å². The van der Waals surface area contributed by atoms with E-state index >= 15 is 0 Å². The van der Waals surface area contributed by atoms with Gasteiger partial charge in [-0.1, -0.05) is 23.7 Å². The minimum atomic E-state index is -1.01. The molecule has 3 rings (SSSR count). The van der Waals surface area contributed by atoms with Gasteiger partial charge in [0, 0.05) is 33.7 Å². The number of nitrogens with zero attached hydrogens (tertiary/aromatic N) is 2. The Balaban J connectivity index is 1.95. The molecule has 1 aromatic heterocycles. The fourth-order valence-electron chi connectivity index (χ4n) is 2.28. The Hall–Kier alpha value is -2.70. The Morgan fingerprint density at radius 3 is 2.73 bits per heavy atom. The van der Waals surface area contributed by atoms with E-state index in [1.807, 2.05) is 6.07 Å². The fraction of sp³-hybridized carbons (Fsp3) is 0. The number of aliphatic imine (C=N–C) groups is 1. The summed E-state index contributed by atoms with van der Waals surface area (Å²) in [4.78, 5) is 20.0. The van der Waals surface area contributed by atoms with Crippen molar-refractivity contribution in [3.63, 3.8) is 0 Å². The molecule has 0 unspecified atom stereocenters. The molecule has 0 saturated heterocycles. The molecule has 3 aromatic rings. The lowest BCUT2D eigenvalue weighted by Gasteiger charge is -2.12. The summed E-state index contributed by atoms with van der Waals surface area (Å²) < 4.78 is 0.848. The highest BCUT2D eigenvalue weighted by Crippen LogP contribution is 2.32. The van der Waals surface area contributed by atoms with Gasteiger partial charge >= 0.3 is 5.97 Å². The summed E-state index contributed by atoms with van der Waals surface area (Å²) in [5.41, 5.74) is 2.69. The van der Waals surface area contributed by atoms with Crippen molar-refractivity contribution in [3.8, 4) is 0 Å². The van der Waals surface area contributed by atoms with Crippen LogP contribution in [0.1, 0.15) is 15.9 Å². The van der Waals surface area contributed by atoms with E-state index in [1.54, 1.807) is 55.0 Å². The summed E-state index contributed by atoms with van der Waals surface area (Å²) >= 11 is 9.46. The Morgan fingerprint density at radius 1 is 1.15 bits per heavy atom. The summed E-state index contributed by atoms with van der Waals surface area (Å²) in [6, 6.07) is 13.7. The first-order valence-electron chi connectivity index (χ1n) is 7.56. The van der Waals surface area contributed by atoms with E-state index in [4.69, 9.17) is 11.6 Å². The number of aromatic nitrogens is 1. The average molecular weight is 431 g/mol. The second kappa shape index (κ2) is 8.12. The quantitative estimate of drug-likeness (QED) is 0.510. The molecular formula is C19H13BrClN3O2. The number of rotatable bonds is 5. The Morgan fingerprint density at radius 2 is 1.96 bits per heavy atom. The maximum absolute atomic E-state index is 11.4. The minimum absolute atomic E-state index is 0.175. The van der Waals surface area contributed by atoms with E-state index < -0.39 is 5.97 Å². The number of aromatic carboxylic acids is 1. The highest BCUT2D eigenvalue weighted by molar-refractivity contribution is 9.10. The van der Waals surface area contributed by atoms with Crippen LogP contribution >= 0.6 is 27.5 Å². The first kappa shape index (κ1) is 18.1. The fourth-order valence-corrected chi connectivity index (χ4v) is 2.83. The van der Waals surface area contributed by atoms with Crippen LogP contribution in [0.25, 0.3) is 0 Å². The zero-order valence-corrected chi connectivity index (χ0v) is 15.7. The Bertz CT molecular complexity index is 992. The standard InChI is InChI=1S/C19H13BrClN3O2/c20-13-7-12(9-22-11-13)10-23-18-8-14(21)5-6-17(18)24-16-4-2-1-3-15(16)19(25)26/h1-11,24H,(H,25,26). The molecule has 0 aliphatic rings. The Labute approximate surface area is 163 Å². The number of halogens is 2. The van der Waals surface area contributed by atoms with Crippen molar-refractivity contribution in [1.29, 1.82) is 0 Å². The predicted octanol–water partition coefficient (Wildman–Crippen LogP) is 5.69. The van der Waals surface area contributed by atoms with Gasteiger partial charge in [-0.2, -0.15) is 0 Å². The van der Waals surface area contributed by atoms with Gasteiger partial charge in [-0.05, 0) is 52.3 Å². The van der Waals surface area contributed by atoms with Crippen molar-refractivity contribution in [2.45, 2.75) is 0 Å². The number of carbonyl (C=O) groups is 1. The van der Waals surface area contributed by atoms with E-state index in [0.29, 0.717) is 22.1 Å². The molecule has 0 bridgehead atoms. The maximum Gasteiger partial charge on any atom is 0.337 e. The number of para-hydroxylation sites is 1. The SMILES string of the molecule is O=C(O)c1ccccc1Nc1ccc(Cl)cc1N=Cc1cncc(Br)c1. The number of benzene rings is 2. The van der Waals surface area contributed by atoms with Crippen molar-refractivity contribution in [1.82, 2.24) is 4.98 Å². The number of hydrogen-bond donors (Lipinski definition) is 2. The zero-order valence-electron chi connectivity index (χ0n) is 13.4. The molecular weight excluding hydrogens is 418 g/mol. The van der Waals surface area contributed by atoms with E-state index in [2.05, 4.69) is 31.2 Å². The first-order chi connectivity index (χ1) is 12.5. The van der Waals surface area contributed by atoms with Crippen molar-refractivity contribution >= 4 is 56.8 Å². The molecule has 26 heavy (non-hydrogen) atoms. The van der Waals surface area contributed by atoms with Gasteiger partial charge in [0.2, 0.25) is 0 Å². The average Bonchev–Trinajstić information content (AvgIpc) is 2.62. The molecule has 130 valence electrons. The third-order valence-corrected chi connectivity index (χ3v) is 4.13. The first-order valence-corrected chi connectivity index (χ1v) is 8.73. The van der Waals surface area contributed by atoms with Crippen molar-refractivity contribution < 1.29 is 9.90 Å². The highest BCUT2D eigenvalue weighted by Gasteiger charge is 2.11. The molecule has 0 aliphatic heterocycles. The van der Waals surface area contributed by atoms with Crippen LogP contribution in [0.3, 0.4) is 0 Å². The van der Waals surface area contributed by atoms with Crippen molar-refractivity contribution in [2.24, 2.45) is 4.99 Å². The molecule has 0 fully saturated rings. The normalized spacial score (nSPS) is 10.8. The summed E-state index contributed by atoms with van der Waals surface area (Å²) in [5.74, 6) is -1.01. The Kier molecular flexibility index (Phi) is 5.65. The van der Waals surface area contributed by atoms with Gasteiger partial charge in [-0.3, -0.25) is 9.98 Å². The van der Waals surface area contributed by atoms with E-state index in [-0.39, 0.29) is 5.56 Å². The molecule has 7 heteroatoms. The van der Waals surface area contributed by atoms with Crippen LogP contribution < -0.4 is 5.32 Å².